The van der Waals surface area contributed by atoms with Gasteiger partial charge in [-0.15, -0.1) is 0 Å². The van der Waals surface area contributed by atoms with Crippen LogP contribution in [0.3, 0.4) is 0 Å². The Morgan fingerprint density at radius 1 is 1.31 bits per heavy atom. The number of amides is 1. The van der Waals surface area contributed by atoms with Crippen molar-refractivity contribution in [3.63, 3.8) is 0 Å². The molecule has 0 radical (unpaired) electrons. The van der Waals surface area contributed by atoms with Crippen molar-refractivity contribution in [3.05, 3.63) is 35.4 Å². The summed E-state index contributed by atoms with van der Waals surface area (Å²) in [5, 5.41) is 3.43. The van der Waals surface area contributed by atoms with E-state index >= 15 is 0 Å². The van der Waals surface area contributed by atoms with Crippen LogP contribution in [0.5, 0.6) is 0 Å². The second-order valence-electron chi connectivity index (χ2n) is 3.47. The molecule has 1 aliphatic heterocycles. The molecule has 3 nitrogen and oxygen atoms in total. The van der Waals surface area contributed by atoms with Gasteiger partial charge in [-0.25, -0.2) is 0 Å². The lowest BCUT2D eigenvalue weighted by atomic mass is 10.1. The number of carbonyl (C=O) groups is 2. The van der Waals surface area contributed by atoms with E-state index in [1.807, 2.05) is 18.2 Å². The van der Waals surface area contributed by atoms with E-state index in [2.05, 4.69) is 21.2 Å². The van der Waals surface area contributed by atoms with E-state index in [0.717, 1.165) is 17.3 Å². The third kappa shape index (κ3) is 2.07. The molecule has 0 aliphatic carbocycles. The van der Waals surface area contributed by atoms with Gasteiger partial charge in [0.15, 0.2) is 0 Å². The van der Waals surface area contributed by atoms with Crippen molar-refractivity contribution in [2.24, 2.45) is 0 Å². The Labute approximate surface area is 102 Å². The molecule has 0 saturated carbocycles. The molecule has 1 N–H and O–H groups in total. The van der Waals surface area contributed by atoms with Crippen LogP contribution in [0.25, 0.3) is 6.08 Å². The molecule has 82 valence electrons. The smallest absolute Gasteiger partial charge is 0.296 e. The maximum atomic E-state index is 11.4. The number of nitrogens with one attached hydrogen (secondary N) is 1. The first-order chi connectivity index (χ1) is 7.72. The SMILES string of the molecule is O=C1Nc2ccc(C=CCCBr)cc2C1=O. The fraction of sp³-hybridized carbons (Fsp3) is 0.167. The third-order valence-corrected chi connectivity index (χ3v) is 2.79. The number of halogens is 1. The molecule has 0 bridgehead atoms. The zero-order valence-corrected chi connectivity index (χ0v) is 10.1. The molecule has 0 unspecified atom stereocenters. The number of Topliss-reactive ketones (excluding diaryl/α,β-unsaturated/α-hetero) is 1. The molecule has 1 heterocycles. The second-order valence-corrected chi connectivity index (χ2v) is 4.26. The van der Waals surface area contributed by atoms with Gasteiger partial charge in [0.1, 0.15) is 0 Å². The highest BCUT2D eigenvalue weighted by molar-refractivity contribution is 9.09. The van der Waals surface area contributed by atoms with E-state index in [9.17, 15) is 9.59 Å². The minimum Gasteiger partial charge on any atom is -0.318 e. The lowest BCUT2D eigenvalue weighted by molar-refractivity contribution is -0.112. The Morgan fingerprint density at radius 2 is 2.12 bits per heavy atom. The summed E-state index contributed by atoms with van der Waals surface area (Å²) in [5.41, 5.74) is 2.00. The zero-order chi connectivity index (χ0) is 11.5. The average molecular weight is 280 g/mol. The van der Waals surface area contributed by atoms with Crippen molar-refractivity contribution in [2.75, 3.05) is 10.6 Å². The Hall–Kier alpha value is -1.42. The summed E-state index contributed by atoms with van der Waals surface area (Å²) >= 11 is 3.33. The third-order valence-electron chi connectivity index (χ3n) is 2.33. The van der Waals surface area contributed by atoms with Crippen LogP contribution in [0.2, 0.25) is 0 Å². The van der Waals surface area contributed by atoms with Gasteiger partial charge >= 0.3 is 0 Å². The standard InChI is InChI=1S/C12H10BrNO2/c13-6-2-1-3-8-4-5-10-9(7-8)11(15)12(16)14-10/h1,3-5,7H,2,6H2,(H,14,15,16). The number of hydrogen-bond acceptors (Lipinski definition) is 2. The molecule has 2 rings (SSSR count). The predicted octanol–water partition coefficient (Wildman–Crippen LogP) is 2.62. The predicted molar refractivity (Wildman–Crippen MR) is 66.8 cm³/mol. The van der Waals surface area contributed by atoms with Crippen molar-refractivity contribution in [2.45, 2.75) is 6.42 Å². The normalized spacial score (nSPS) is 14.3. The van der Waals surface area contributed by atoms with Crippen LogP contribution in [-0.4, -0.2) is 17.0 Å². The van der Waals surface area contributed by atoms with E-state index in [0.29, 0.717) is 11.3 Å². The first kappa shape index (κ1) is 11.1. The zero-order valence-electron chi connectivity index (χ0n) is 8.50. The minimum atomic E-state index is -0.545. The number of fused-ring (bicyclic) bond motifs is 1. The van der Waals surface area contributed by atoms with Crippen molar-refractivity contribution < 1.29 is 9.59 Å². The lowest BCUT2D eigenvalue weighted by Gasteiger charge is -1.98. The van der Waals surface area contributed by atoms with E-state index in [1.165, 1.54) is 0 Å². The summed E-state index contributed by atoms with van der Waals surface area (Å²) in [6.07, 6.45) is 4.89. The molecule has 0 spiro atoms. The molecule has 1 amide bonds. The molecule has 1 aliphatic rings. The van der Waals surface area contributed by atoms with Crippen molar-refractivity contribution in [1.82, 2.24) is 0 Å². The molecule has 1 aromatic rings. The van der Waals surface area contributed by atoms with Gasteiger partial charge in [-0.05, 0) is 24.1 Å². The van der Waals surface area contributed by atoms with Crippen molar-refractivity contribution in [1.29, 1.82) is 0 Å². The number of rotatable bonds is 3. The number of anilines is 1. The highest BCUT2D eigenvalue weighted by atomic mass is 79.9. The highest BCUT2D eigenvalue weighted by Gasteiger charge is 2.27. The van der Waals surface area contributed by atoms with Crippen LogP contribution in [-0.2, 0) is 4.79 Å². The molecule has 0 atom stereocenters. The van der Waals surface area contributed by atoms with Gasteiger partial charge in [0, 0.05) is 5.33 Å². The maximum absolute atomic E-state index is 11.4. The van der Waals surface area contributed by atoms with Gasteiger partial charge in [0.25, 0.3) is 11.7 Å². The topological polar surface area (TPSA) is 46.2 Å². The Balaban J connectivity index is 2.27. The summed E-state index contributed by atoms with van der Waals surface area (Å²) < 4.78 is 0. The first-order valence-electron chi connectivity index (χ1n) is 4.94. The summed E-state index contributed by atoms with van der Waals surface area (Å²) in [7, 11) is 0. The number of carbonyl (C=O) groups excluding carboxylic acids is 2. The number of ketones is 1. The number of hydrogen-bond donors (Lipinski definition) is 1. The summed E-state index contributed by atoms with van der Waals surface area (Å²) in [6, 6.07) is 5.37. The Bertz CT molecular complexity index is 480. The van der Waals surface area contributed by atoms with Crippen LogP contribution in [0.4, 0.5) is 5.69 Å². The van der Waals surface area contributed by atoms with E-state index in [1.54, 1.807) is 12.1 Å². The second kappa shape index (κ2) is 4.61. The van der Waals surface area contributed by atoms with E-state index < -0.39 is 11.7 Å². The summed E-state index contributed by atoms with van der Waals surface area (Å²) in [6.45, 7) is 0. The van der Waals surface area contributed by atoms with Gasteiger partial charge in [-0.1, -0.05) is 34.1 Å². The van der Waals surface area contributed by atoms with Crippen LogP contribution < -0.4 is 5.32 Å². The van der Waals surface area contributed by atoms with Gasteiger partial charge in [0.2, 0.25) is 0 Å². The maximum Gasteiger partial charge on any atom is 0.296 e. The van der Waals surface area contributed by atoms with Crippen molar-refractivity contribution >= 4 is 39.4 Å². The lowest BCUT2D eigenvalue weighted by Crippen LogP contribution is -2.12. The van der Waals surface area contributed by atoms with Crippen molar-refractivity contribution in [3.8, 4) is 0 Å². The molecule has 0 fully saturated rings. The molecular weight excluding hydrogens is 270 g/mol. The quantitative estimate of drug-likeness (QED) is 0.683. The minimum absolute atomic E-state index is 0.453. The average Bonchev–Trinajstić information content (AvgIpc) is 2.56. The Kier molecular flexibility index (Phi) is 3.19. The molecule has 0 saturated heterocycles. The largest absolute Gasteiger partial charge is 0.318 e. The molecule has 1 aromatic carbocycles. The summed E-state index contributed by atoms with van der Waals surface area (Å²) in [5.74, 6) is -0.998. The van der Waals surface area contributed by atoms with Gasteiger partial charge < -0.3 is 5.32 Å². The number of alkyl halides is 1. The number of allylic oxidation sites excluding steroid dienone is 1. The van der Waals surface area contributed by atoms with E-state index in [4.69, 9.17) is 0 Å². The fourth-order valence-electron chi connectivity index (χ4n) is 1.55. The van der Waals surface area contributed by atoms with Gasteiger partial charge in [-0.3, -0.25) is 9.59 Å². The van der Waals surface area contributed by atoms with Gasteiger partial charge in [-0.2, -0.15) is 0 Å². The number of benzene rings is 1. The highest BCUT2D eigenvalue weighted by Crippen LogP contribution is 2.24. The first-order valence-corrected chi connectivity index (χ1v) is 6.07. The van der Waals surface area contributed by atoms with Gasteiger partial charge in [0.05, 0.1) is 11.3 Å². The molecule has 4 heteroatoms. The van der Waals surface area contributed by atoms with Crippen LogP contribution in [0.1, 0.15) is 22.3 Å². The van der Waals surface area contributed by atoms with Crippen LogP contribution in [0, 0.1) is 0 Å². The van der Waals surface area contributed by atoms with Crippen LogP contribution >= 0.6 is 15.9 Å². The molecule has 0 aromatic heterocycles. The fourth-order valence-corrected chi connectivity index (χ4v) is 1.81. The van der Waals surface area contributed by atoms with Crippen LogP contribution in [0.15, 0.2) is 24.3 Å². The summed E-state index contributed by atoms with van der Waals surface area (Å²) in [4.78, 5) is 22.6. The molecule has 16 heavy (non-hydrogen) atoms. The monoisotopic (exact) mass is 279 g/mol. The molecular formula is C12H10BrNO2. The Morgan fingerprint density at radius 3 is 2.88 bits per heavy atom. The van der Waals surface area contributed by atoms with E-state index in [-0.39, 0.29) is 0 Å².